The van der Waals surface area contributed by atoms with Crippen LogP contribution in [0, 0.1) is 13.8 Å². The summed E-state index contributed by atoms with van der Waals surface area (Å²) in [4.78, 5) is 13.0. The maximum absolute atomic E-state index is 13.0. The van der Waals surface area contributed by atoms with E-state index in [9.17, 15) is 13.2 Å². The third-order valence-corrected chi connectivity index (χ3v) is 6.67. The van der Waals surface area contributed by atoms with Crippen molar-refractivity contribution in [1.29, 1.82) is 0 Å². The predicted molar refractivity (Wildman–Crippen MR) is 121 cm³/mol. The number of methoxy groups -OCH3 is 1. The Hall–Kier alpha value is -2.74. The van der Waals surface area contributed by atoms with Crippen LogP contribution in [-0.2, 0) is 14.8 Å². The molecule has 3 rings (SSSR count). The van der Waals surface area contributed by atoms with Gasteiger partial charge in [0.1, 0.15) is 23.6 Å². The first kappa shape index (κ1) is 22.9. The lowest BCUT2D eigenvalue weighted by Crippen LogP contribution is -2.45. The van der Waals surface area contributed by atoms with Crippen LogP contribution in [0.5, 0.6) is 11.5 Å². The van der Waals surface area contributed by atoms with Crippen molar-refractivity contribution in [1.82, 2.24) is 5.32 Å². The van der Waals surface area contributed by atoms with E-state index in [4.69, 9.17) is 9.47 Å². The first-order valence-electron chi connectivity index (χ1n) is 10.1. The summed E-state index contributed by atoms with van der Waals surface area (Å²) in [5, 5.41) is 3.01. The molecule has 31 heavy (non-hydrogen) atoms. The van der Waals surface area contributed by atoms with Gasteiger partial charge >= 0.3 is 0 Å². The van der Waals surface area contributed by atoms with Crippen molar-refractivity contribution >= 4 is 21.6 Å². The van der Waals surface area contributed by atoms with Gasteiger partial charge in [-0.2, -0.15) is 0 Å². The lowest BCUT2D eigenvalue weighted by molar-refractivity contribution is -0.120. The Balaban J connectivity index is 1.87. The number of aryl methyl sites for hydroxylation is 1. The van der Waals surface area contributed by atoms with E-state index in [-0.39, 0.29) is 18.5 Å². The van der Waals surface area contributed by atoms with E-state index in [1.165, 1.54) is 0 Å². The normalized spacial score (nSPS) is 17.3. The van der Waals surface area contributed by atoms with E-state index in [0.717, 1.165) is 27.3 Å². The molecule has 1 atom stereocenters. The first-order chi connectivity index (χ1) is 14.4. The zero-order valence-electron chi connectivity index (χ0n) is 18.9. The molecule has 0 unspecified atom stereocenters. The summed E-state index contributed by atoms with van der Waals surface area (Å²) < 4.78 is 37.5. The average Bonchev–Trinajstić information content (AvgIpc) is 2.66. The third kappa shape index (κ3) is 5.12. The summed E-state index contributed by atoms with van der Waals surface area (Å²) in [6, 6.07) is 10.6. The average molecular weight is 447 g/mol. The van der Waals surface area contributed by atoms with E-state index in [0.29, 0.717) is 23.6 Å². The number of nitrogens with one attached hydrogen (secondary N) is 1. The molecule has 8 heteroatoms. The van der Waals surface area contributed by atoms with Crippen LogP contribution in [0.1, 0.15) is 43.0 Å². The van der Waals surface area contributed by atoms with Crippen LogP contribution >= 0.6 is 0 Å². The highest BCUT2D eigenvalue weighted by Crippen LogP contribution is 2.41. The SMILES string of the molecule is COc1ccc2c(c1)OC(C)(C)C[C@@H]2NC(=O)CN(c1cccc(C)c1C)S(C)(=O)=O. The van der Waals surface area contributed by atoms with Gasteiger partial charge < -0.3 is 14.8 Å². The molecule has 1 heterocycles. The minimum Gasteiger partial charge on any atom is -0.497 e. The fourth-order valence-corrected chi connectivity index (χ4v) is 4.75. The Morgan fingerprint density at radius 3 is 2.61 bits per heavy atom. The smallest absolute Gasteiger partial charge is 0.241 e. The van der Waals surface area contributed by atoms with Crippen LogP contribution in [0.2, 0.25) is 0 Å². The van der Waals surface area contributed by atoms with Crippen molar-refractivity contribution in [3.05, 3.63) is 53.1 Å². The standard InChI is InChI=1S/C23H30N2O5S/c1-15-8-7-9-20(16(15)2)25(31(6,27)28)14-22(26)24-19-13-23(3,4)30-21-12-17(29-5)10-11-18(19)21/h7-12,19H,13-14H2,1-6H3,(H,24,26)/t19-/m0/s1. The van der Waals surface area contributed by atoms with Crippen LogP contribution < -0.4 is 19.1 Å². The second-order valence-corrected chi connectivity index (χ2v) is 10.5. The molecule has 0 radical (unpaired) electrons. The van der Waals surface area contributed by atoms with Gasteiger partial charge in [-0.3, -0.25) is 9.10 Å². The number of sulfonamides is 1. The molecule has 0 saturated heterocycles. The van der Waals surface area contributed by atoms with Crippen molar-refractivity contribution in [2.45, 2.75) is 45.8 Å². The number of anilines is 1. The minimum atomic E-state index is -3.65. The van der Waals surface area contributed by atoms with Gasteiger partial charge in [-0.25, -0.2) is 8.42 Å². The second kappa shape index (κ2) is 8.42. The largest absolute Gasteiger partial charge is 0.497 e. The molecular weight excluding hydrogens is 416 g/mol. The Bertz CT molecular complexity index is 1100. The molecular formula is C23H30N2O5S. The molecule has 2 aromatic carbocycles. The number of benzene rings is 2. The number of rotatable bonds is 6. The third-order valence-electron chi connectivity index (χ3n) is 5.55. The van der Waals surface area contributed by atoms with E-state index < -0.39 is 15.6 Å². The van der Waals surface area contributed by atoms with Gasteiger partial charge in [0.05, 0.1) is 25.1 Å². The van der Waals surface area contributed by atoms with E-state index in [1.54, 1.807) is 25.3 Å². The number of hydrogen-bond donors (Lipinski definition) is 1. The van der Waals surface area contributed by atoms with Crippen molar-refractivity contribution in [3.8, 4) is 11.5 Å². The Labute approximate surface area is 184 Å². The topological polar surface area (TPSA) is 84.9 Å². The summed E-state index contributed by atoms with van der Waals surface area (Å²) in [6.07, 6.45) is 1.67. The van der Waals surface area contributed by atoms with Gasteiger partial charge in [0.2, 0.25) is 15.9 Å². The number of amides is 1. The monoisotopic (exact) mass is 446 g/mol. The maximum atomic E-state index is 13.0. The first-order valence-corrected chi connectivity index (χ1v) is 12.0. The van der Waals surface area contributed by atoms with Crippen molar-refractivity contribution < 1.29 is 22.7 Å². The van der Waals surface area contributed by atoms with Gasteiger partial charge in [0, 0.05) is 18.1 Å². The summed E-state index contributed by atoms with van der Waals surface area (Å²) in [7, 11) is -2.07. The van der Waals surface area contributed by atoms with Crippen LogP contribution in [0.3, 0.4) is 0 Å². The summed E-state index contributed by atoms with van der Waals surface area (Å²) in [5.41, 5.74) is 2.63. The molecule has 0 fully saturated rings. The number of ether oxygens (including phenoxy) is 2. The number of fused-ring (bicyclic) bond motifs is 1. The fourth-order valence-electron chi connectivity index (χ4n) is 3.84. The van der Waals surface area contributed by atoms with E-state index in [1.807, 2.05) is 45.9 Å². The highest BCUT2D eigenvalue weighted by Gasteiger charge is 2.35. The molecule has 0 spiro atoms. The summed E-state index contributed by atoms with van der Waals surface area (Å²) >= 11 is 0. The molecule has 0 aromatic heterocycles. The Morgan fingerprint density at radius 1 is 1.26 bits per heavy atom. The zero-order chi connectivity index (χ0) is 23.0. The number of carbonyl (C=O) groups excluding carboxylic acids is 1. The highest BCUT2D eigenvalue weighted by molar-refractivity contribution is 7.92. The highest BCUT2D eigenvalue weighted by atomic mass is 32.2. The number of carbonyl (C=O) groups is 1. The number of hydrogen-bond acceptors (Lipinski definition) is 5. The Morgan fingerprint density at radius 2 is 1.97 bits per heavy atom. The van der Waals surface area contributed by atoms with Gasteiger partial charge in [-0.05, 0) is 57.0 Å². The predicted octanol–water partition coefficient (Wildman–Crippen LogP) is 3.50. The molecule has 168 valence electrons. The van der Waals surface area contributed by atoms with Crippen LogP contribution in [0.15, 0.2) is 36.4 Å². The van der Waals surface area contributed by atoms with Gasteiger partial charge in [0.15, 0.2) is 0 Å². The van der Waals surface area contributed by atoms with Crippen molar-refractivity contribution in [3.63, 3.8) is 0 Å². The van der Waals surface area contributed by atoms with Crippen LogP contribution in [0.25, 0.3) is 0 Å². The lowest BCUT2D eigenvalue weighted by atomic mass is 9.89. The molecule has 2 aromatic rings. The minimum absolute atomic E-state index is 0.299. The van der Waals surface area contributed by atoms with Crippen LogP contribution in [0.4, 0.5) is 5.69 Å². The molecule has 7 nitrogen and oxygen atoms in total. The van der Waals surface area contributed by atoms with Gasteiger partial charge in [-0.1, -0.05) is 12.1 Å². The van der Waals surface area contributed by atoms with E-state index >= 15 is 0 Å². The molecule has 1 aliphatic rings. The summed E-state index contributed by atoms with van der Waals surface area (Å²) in [6.45, 7) is 7.37. The molecule has 0 aliphatic carbocycles. The molecule has 1 amide bonds. The fraction of sp³-hybridized carbons (Fsp3) is 0.435. The molecule has 0 saturated carbocycles. The van der Waals surface area contributed by atoms with Crippen molar-refractivity contribution in [2.75, 3.05) is 24.2 Å². The zero-order valence-corrected chi connectivity index (χ0v) is 19.7. The summed E-state index contributed by atoms with van der Waals surface area (Å²) in [5.74, 6) is 0.936. The molecule has 1 aliphatic heterocycles. The number of nitrogens with zero attached hydrogens (tertiary/aromatic N) is 1. The van der Waals surface area contributed by atoms with Crippen molar-refractivity contribution in [2.24, 2.45) is 0 Å². The Kier molecular flexibility index (Phi) is 6.23. The van der Waals surface area contributed by atoms with Crippen LogP contribution in [-0.4, -0.2) is 39.8 Å². The molecule has 0 bridgehead atoms. The quantitative estimate of drug-likeness (QED) is 0.734. The van der Waals surface area contributed by atoms with E-state index in [2.05, 4.69) is 5.32 Å². The second-order valence-electron chi connectivity index (χ2n) is 8.58. The van der Waals surface area contributed by atoms with Gasteiger partial charge in [-0.15, -0.1) is 0 Å². The molecule has 1 N–H and O–H groups in total. The maximum Gasteiger partial charge on any atom is 0.241 e. The lowest BCUT2D eigenvalue weighted by Gasteiger charge is -2.38. The van der Waals surface area contributed by atoms with Gasteiger partial charge in [0.25, 0.3) is 0 Å².